The van der Waals surface area contributed by atoms with Crippen molar-refractivity contribution >= 4 is 20.9 Å². The van der Waals surface area contributed by atoms with Gasteiger partial charge in [-0.05, 0) is 19.1 Å². The van der Waals surface area contributed by atoms with E-state index in [-0.39, 0.29) is 4.90 Å². The molecule has 0 aliphatic rings. The van der Waals surface area contributed by atoms with E-state index in [4.69, 9.17) is 5.14 Å². The molecule has 1 aromatic carbocycles. The van der Waals surface area contributed by atoms with Crippen LogP contribution < -0.4 is 5.14 Å². The van der Waals surface area contributed by atoms with Crippen molar-refractivity contribution in [3.8, 4) is 0 Å². The average molecular weight is 304 g/mol. The quantitative estimate of drug-likeness (QED) is 0.793. The van der Waals surface area contributed by atoms with Gasteiger partial charge in [-0.25, -0.2) is 13.6 Å². The Labute approximate surface area is 122 Å². The number of fused-ring (bicyclic) bond motifs is 1. The minimum Gasteiger partial charge on any atom is -0.340 e. The summed E-state index contributed by atoms with van der Waals surface area (Å²) in [5.74, 6) is 0. The lowest BCUT2D eigenvalue weighted by atomic mass is 10.2. The average Bonchev–Trinajstić information content (AvgIpc) is 2.91. The van der Waals surface area contributed by atoms with E-state index in [2.05, 4.69) is 5.10 Å². The molecule has 0 aliphatic carbocycles. The maximum absolute atomic E-state index is 11.7. The van der Waals surface area contributed by atoms with Crippen LogP contribution in [0.5, 0.6) is 0 Å². The number of nitrogens with two attached hydrogens (primary N) is 1. The van der Waals surface area contributed by atoms with Crippen molar-refractivity contribution in [2.75, 3.05) is 0 Å². The molecular weight excluding hydrogens is 288 g/mol. The molecule has 6 nitrogen and oxygen atoms in total. The second-order valence-corrected chi connectivity index (χ2v) is 6.61. The van der Waals surface area contributed by atoms with Crippen LogP contribution in [0, 0.1) is 6.92 Å². The molecule has 0 amide bonds. The van der Waals surface area contributed by atoms with Crippen LogP contribution in [-0.4, -0.2) is 22.8 Å². The second-order valence-electron chi connectivity index (χ2n) is 5.08. The number of benzene rings is 1. The van der Waals surface area contributed by atoms with Crippen molar-refractivity contribution in [2.24, 2.45) is 12.2 Å². The van der Waals surface area contributed by atoms with Crippen LogP contribution >= 0.6 is 0 Å². The number of sulfonamides is 1. The molecule has 0 fully saturated rings. The van der Waals surface area contributed by atoms with Crippen LogP contribution in [0.15, 0.2) is 41.4 Å². The highest BCUT2D eigenvalue weighted by Gasteiger charge is 2.17. The Bertz CT molecular complexity index is 922. The molecule has 7 heteroatoms. The molecule has 0 saturated carbocycles. The molecule has 0 bridgehead atoms. The summed E-state index contributed by atoms with van der Waals surface area (Å²) in [6, 6.07) is 9.30. The summed E-state index contributed by atoms with van der Waals surface area (Å²) in [4.78, 5) is 0.150. The molecule has 0 aliphatic heterocycles. The molecule has 0 radical (unpaired) electrons. The Balaban J connectivity index is 2.17. The smallest absolute Gasteiger partial charge is 0.240 e. The zero-order valence-corrected chi connectivity index (χ0v) is 12.6. The molecule has 0 atom stereocenters. The Morgan fingerprint density at radius 3 is 2.62 bits per heavy atom. The minimum atomic E-state index is -3.75. The minimum absolute atomic E-state index is 0.150. The van der Waals surface area contributed by atoms with Crippen molar-refractivity contribution < 1.29 is 8.42 Å². The van der Waals surface area contributed by atoms with Gasteiger partial charge in [0.2, 0.25) is 10.0 Å². The van der Waals surface area contributed by atoms with Crippen molar-refractivity contribution in [2.45, 2.75) is 18.4 Å². The van der Waals surface area contributed by atoms with Gasteiger partial charge in [0.05, 0.1) is 17.9 Å². The highest BCUT2D eigenvalue weighted by Crippen LogP contribution is 2.25. The van der Waals surface area contributed by atoms with E-state index in [1.807, 2.05) is 36.7 Å². The highest BCUT2D eigenvalue weighted by atomic mass is 32.2. The van der Waals surface area contributed by atoms with Crippen LogP contribution in [0.3, 0.4) is 0 Å². The predicted octanol–water partition coefficient (Wildman–Crippen LogP) is 1.38. The number of aromatic nitrogens is 3. The zero-order valence-electron chi connectivity index (χ0n) is 11.8. The SMILES string of the molecule is Cc1cc(Cn2cc(S(N)(=O)=O)c3ccccc32)n(C)n1. The lowest BCUT2D eigenvalue weighted by Crippen LogP contribution is -2.11. The van der Waals surface area contributed by atoms with Crippen molar-refractivity contribution in [3.63, 3.8) is 0 Å². The number of hydrogen-bond acceptors (Lipinski definition) is 3. The van der Waals surface area contributed by atoms with Gasteiger partial charge in [-0.1, -0.05) is 18.2 Å². The lowest BCUT2D eigenvalue weighted by molar-refractivity contribution is 0.598. The summed E-state index contributed by atoms with van der Waals surface area (Å²) >= 11 is 0. The number of rotatable bonds is 3. The van der Waals surface area contributed by atoms with E-state index in [0.29, 0.717) is 11.9 Å². The molecule has 0 spiro atoms. The summed E-state index contributed by atoms with van der Waals surface area (Å²) in [5, 5.41) is 10.2. The monoisotopic (exact) mass is 304 g/mol. The summed E-state index contributed by atoms with van der Waals surface area (Å²) in [6.45, 7) is 2.46. The van der Waals surface area contributed by atoms with E-state index in [9.17, 15) is 8.42 Å². The van der Waals surface area contributed by atoms with Crippen LogP contribution in [0.2, 0.25) is 0 Å². The number of nitrogens with zero attached hydrogens (tertiary/aromatic N) is 3. The van der Waals surface area contributed by atoms with Crippen LogP contribution in [0.4, 0.5) is 0 Å². The second kappa shape index (κ2) is 4.71. The predicted molar refractivity (Wildman–Crippen MR) is 80.4 cm³/mol. The molecule has 0 unspecified atom stereocenters. The summed E-state index contributed by atoms with van der Waals surface area (Å²) in [5.41, 5.74) is 2.75. The first kappa shape index (κ1) is 13.8. The van der Waals surface area contributed by atoms with Gasteiger partial charge in [-0.15, -0.1) is 0 Å². The maximum Gasteiger partial charge on any atom is 0.240 e. The third-order valence-corrected chi connectivity index (χ3v) is 4.43. The molecule has 3 aromatic rings. The lowest BCUT2D eigenvalue weighted by Gasteiger charge is -2.05. The number of primary sulfonamides is 1. The number of hydrogen-bond donors (Lipinski definition) is 1. The molecule has 110 valence electrons. The first-order valence-electron chi connectivity index (χ1n) is 6.46. The first-order valence-corrected chi connectivity index (χ1v) is 8.01. The molecule has 2 aromatic heterocycles. The number of aryl methyl sites for hydroxylation is 2. The van der Waals surface area contributed by atoms with Crippen LogP contribution in [0.1, 0.15) is 11.4 Å². The third kappa shape index (κ3) is 2.45. The fraction of sp³-hybridized carbons (Fsp3) is 0.214. The van der Waals surface area contributed by atoms with Gasteiger partial charge in [0.25, 0.3) is 0 Å². The van der Waals surface area contributed by atoms with Crippen LogP contribution in [0.25, 0.3) is 10.9 Å². The Hall–Kier alpha value is -2.12. The van der Waals surface area contributed by atoms with Gasteiger partial charge in [-0.3, -0.25) is 4.68 Å². The van der Waals surface area contributed by atoms with Crippen molar-refractivity contribution in [1.29, 1.82) is 0 Å². The largest absolute Gasteiger partial charge is 0.340 e. The van der Waals surface area contributed by atoms with Crippen molar-refractivity contribution in [1.82, 2.24) is 14.3 Å². The summed E-state index contributed by atoms with van der Waals surface area (Å²) in [7, 11) is -1.88. The Kier molecular flexibility index (Phi) is 3.11. The van der Waals surface area contributed by atoms with Gasteiger partial charge >= 0.3 is 0 Å². The fourth-order valence-corrected chi connectivity index (χ4v) is 3.31. The van der Waals surface area contributed by atoms with Crippen LogP contribution in [-0.2, 0) is 23.6 Å². The van der Waals surface area contributed by atoms with E-state index >= 15 is 0 Å². The fourth-order valence-electron chi connectivity index (χ4n) is 2.56. The van der Waals surface area contributed by atoms with Gasteiger partial charge in [0.1, 0.15) is 4.90 Å². The third-order valence-electron chi connectivity index (χ3n) is 3.49. The van der Waals surface area contributed by atoms with Gasteiger partial charge in [-0.2, -0.15) is 5.10 Å². The molecule has 3 rings (SSSR count). The molecule has 2 N–H and O–H groups in total. The standard InChI is InChI=1S/C14H16N4O2S/c1-10-7-11(17(2)16-10)8-18-9-14(21(15,19)20)12-5-3-4-6-13(12)18/h3-7,9H,8H2,1-2H3,(H2,15,19,20). The first-order chi connectivity index (χ1) is 9.86. The molecular formula is C14H16N4O2S. The summed E-state index contributed by atoms with van der Waals surface area (Å²) in [6.07, 6.45) is 1.59. The van der Waals surface area contributed by atoms with E-state index in [0.717, 1.165) is 16.9 Å². The Morgan fingerprint density at radius 1 is 1.29 bits per heavy atom. The Morgan fingerprint density at radius 2 is 2.00 bits per heavy atom. The summed E-state index contributed by atoms with van der Waals surface area (Å²) < 4.78 is 27.1. The molecule has 0 saturated heterocycles. The van der Waals surface area contributed by atoms with Gasteiger partial charge in [0, 0.05) is 24.1 Å². The maximum atomic E-state index is 11.7. The zero-order chi connectivity index (χ0) is 15.2. The van der Waals surface area contributed by atoms with E-state index < -0.39 is 10.0 Å². The highest BCUT2D eigenvalue weighted by molar-refractivity contribution is 7.89. The number of para-hydroxylation sites is 1. The molecule has 2 heterocycles. The van der Waals surface area contributed by atoms with Gasteiger partial charge < -0.3 is 4.57 Å². The van der Waals surface area contributed by atoms with Gasteiger partial charge in [0.15, 0.2) is 0 Å². The normalized spacial score (nSPS) is 12.1. The van der Waals surface area contributed by atoms with Crippen molar-refractivity contribution in [3.05, 3.63) is 47.9 Å². The topological polar surface area (TPSA) is 82.9 Å². The van der Waals surface area contributed by atoms with E-state index in [1.54, 1.807) is 23.0 Å². The molecule has 21 heavy (non-hydrogen) atoms. The van der Waals surface area contributed by atoms with E-state index in [1.165, 1.54) is 0 Å².